The molecule has 208 valence electrons. The number of fused-ring (bicyclic) bond motifs is 5. The standard InChI is InChI=1S/C31H56N2O3/c1-5-22-26-19-21(34)13-15-31(26,4)25-14-16-30(3)23(10-11-24(30)28(25)29(22)36)20(2)9-12-27(35)33-18-8-6-7-17-32/h20-26,28-29,34,36H,5-19,32H2,1-4H3,(H,33,35)/t20-,21-,22-,23-,24+,25+,26+,28+,29-,30-,31-/m1/s1. The van der Waals surface area contributed by atoms with Crippen LogP contribution in [0.2, 0.25) is 0 Å². The number of aliphatic hydroxyl groups is 2. The van der Waals surface area contributed by atoms with Gasteiger partial charge in [-0.05, 0) is 123 Å². The van der Waals surface area contributed by atoms with Crippen LogP contribution in [0, 0.1) is 52.3 Å². The van der Waals surface area contributed by atoms with Gasteiger partial charge >= 0.3 is 0 Å². The van der Waals surface area contributed by atoms with Crippen molar-refractivity contribution in [2.24, 2.45) is 58.0 Å². The van der Waals surface area contributed by atoms with Crippen molar-refractivity contribution in [1.82, 2.24) is 5.32 Å². The Balaban J connectivity index is 1.41. The second-order valence-electron chi connectivity index (χ2n) is 13.8. The molecule has 4 saturated carbocycles. The van der Waals surface area contributed by atoms with E-state index >= 15 is 0 Å². The van der Waals surface area contributed by atoms with Crippen LogP contribution in [-0.2, 0) is 4.79 Å². The lowest BCUT2D eigenvalue weighted by Gasteiger charge is -2.64. The SMILES string of the molecule is CC[C@H]1[C@@H](O)[C@@H]2[C@H](CC[C@]3(C)[C@@H]([C@H](C)CCC(=O)NCCCCCN)CC[C@@H]23)[C@@]2(C)CC[C@@H](O)C[C@@H]12. The zero-order valence-corrected chi connectivity index (χ0v) is 23.7. The highest BCUT2D eigenvalue weighted by Gasteiger charge is 2.64. The minimum Gasteiger partial charge on any atom is -0.393 e. The maximum atomic E-state index is 12.5. The average Bonchev–Trinajstić information content (AvgIpc) is 3.21. The van der Waals surface area contributed by atoms with Crippen molar-refractivity contribution < 1.29 is 15.0 Å². The summed E-state index contributed by atoms with van der Waals surface area (Å²) in [6.07, 6.45) is 13.2. The van der Waals surface area contributed by atoms with Gasteiger partial charge in [-0.3, -0.25) is 4.79 Å². The van der Waals surface area contributed by atoms with Crippen LogP contribution in [0.4, 0.5) is 0 Å². The Bertz CT molecular complexity index is 745. The number of amides is 1. The maximum Gasteiger partial charge on any atom is 0.220 e. The molecular formula is C31H56N2O3. The van der Waals surface area contributed by atoms with Crippen LogP contribution in [0.1, 0.15) is 111 Å². The number of unbranched alkanes of at least 4 members (excludes halogenated alkanes) is 2. The van der Waals surface area contributed by atoms with Gasteiger partial charge in [0.1, 0.15) is 0 Å². The van der Waals surface area contributed by atoms with Crippen LogP contribution in [0.15, 0.2) is 0 Å². The number of aliphatic hydroxyl groups excluding tert-OH is 2. The number of nitrogens with two attached hydrogens (primary N) is 1. The largest absolute Gasteiger partial charge is 0.393 e. The Hall–Kier alpha value is -0.650. The van der Waals surface area contributed by atoms with Crippen LogP contribution < -0.4 is 11.1 Å². The fraction of sp³-hybridized carbons (Fsp3) is 0.968. The molecule has 5 heteroatoms. The molecule has 0 spiro atoms. The number of rotatable bonds is 10. The molecule has 0 aromatic heterocycles. The fourth-order valence-electron chi connectivity index (χ4n) is 10.3. The summed E-state index contributed by atoms with van der Waals surface area (Å²) >= 11 is 0. The molecule has 0 aliphatic heterocycles. The van der Waals surface area contributed by atoms with Gasteiger partial charge in [-0.25, -0.2) is 0 Å². The molecule has 0 radical (unpaired) electrons. The maximum absolute atomic E-state index is 12.5. The van der Waals surface area contributed by atoms with Crippen molar-refractivity contribution in [3.8, 4) is 0 Å². The van der Waals surface area contributed by atoms with Gasteiger partial charge in [-0.1, -0.05) is 40.5 Å². The van der Waals surface area contributed by atoms with E-state index in [0.717, 1.165) is 64.5 Å². The average molecular weight is 505 g/mol. The van der Waals surface area contributed by atoms with E-state index < -0.39 is 0 Å². The van der Waals surface area contributed by atoms with Gasteiger partial charge < -0.3 is 21.3 Å². The smallest absolute Gasteiger partial charge is 0.220 e. The summed E-state index contributed by atoms with van der Waals surface area (Å²) < 4.78 is 0. The highest BCUT2D eigenvalue weighted by Crippen LogP contribution is 2.69. The van der Waals surface area contributed by atoms with E-state index in [2.05, 4.69) is 33.0 Å². The molecule has 1 amide bonds. The van der Waals surface area contributed by atoms with Crippen molar-refractivity contribution in [3.05, 3.63) is 0 Å². The zero-order valence-electron chi connectivity index (χ0n) is 23.7. The quantitative estimate of drug-likeness (QED) is 0.305. The molecule has 4 aliphatic carbocycles. The Labute approximate surface area is 220 Å². The molecule has 11 atom stereocenters. The summed E-state index contributed by atoms with van der Waals surface area (Å²) in [7, 11) is 0. The van der Waals surface area contributed by atoms with Gasteiger partial charge in [-0.2, -0.15) is 0 Å². The molecule has 0 saturated heterocycles. The molecule has 5 N–H and O–H groups in total. The van der Waals surface area contributed by atoms with Crippen molar-refractivity contribution in [2.75, 3.05) is 13.1 Å². The minimum absolute atomic E-state index is 0.186. The molecule has 5 nitrogen and oxygen atoms in total. The molecule has 0 bridgehead atoms. The number of hydrogen-bond acceptors (Lipinski definition) is 4. The van der Waals surface area contributed by atoms with Crippen molar-refractivity contribution in [3.63, 3.8) is 0 Å². The van der Waals surface area contributed by atoms with Crippen LogP contribution in [0.5, 0.6) is 0 Å². The molecule has 0 aromatic rings. The summed E-state index contributed by atoms with van der Waals surface area (Å²) in [6.45, 7) is 11.2. The third-order valence-corrected chi connectivity index (χ3v) is 12.2. The fourth-order valence-corrected chi connectivity index (χ4v) is 10.3. The first-order valence-electron chi connectivity index (χ1n) is 15.5. The Morgan fingerprint density at radius 1 is 1.00 bits per heavy atom. The monoisotopic (exact) mass is 504 g/mol. The number of carbonyl (C=O) groups is 1. The molecule has 4 aliphatic rings. The van der Waals surface area contributed by atoms with Gasteiger partial charge in [0.15, 0.2) is 0 Å². The lowest BCUT2D eigenvalue weighted by molar-refractivity contribution is -0.203. The van der Waals surface area contributed by atoms with E-state index in [9.17, 15) is 15.0 Å². The van der Waals surface area contributed by atoms with Crippen molar-refractivity contribution >= 4 is 5.91 Å². The van der Waals surface area contributed by atoms with Crippen LogP contribution in [0.25, 0.3) is 0 Å². The van der Waals surface area contributed by atoms with E-state index in [0.29, 0.717) is 47.8 Å². The Morgan fingerprint density at radius 3 is 2.44 bits per heavy atom. The first kappa shape index (κ1) is 28.4. The predicted molar refractivity (Wildman–Crippen MR) is 146 cm³/mol. The Morgan fingerprint density at radius 2 is 1.72 bits per heavy atom. The van der Waals surface area contributed by atoms with Crippen molar-refractivity contribution in [1.29, 1.82) is 0 Å². The number of hydrogen-bond donors (Lipinski definition) is 4. The van der Waals surface area contributed by atoms with Gasteiger partial charge in [0.2, 0.25) is 5.91 Å². The highest BCUT2D eigenvalue weighted by molar-refractivity contribution is 5.75. The van der Waals surface area contributed by atoms with Gasteiger partial charge in [0, 0.05) is 13.0 Å². The molecule has 0 heterocycles. The minimum atomic E-state index is -0.230. The third kappa shape index (κ3) is 5.15. The second-order valence-corrected chi connectivity index (χ2v) is 13.8. The number of nitrogens with one attached hydrogen (secondary N) is 1. The summed E-state index contributed by atoms with van der Waals surface area (Å²) in [5.41, 5.74) is 6.09. The predicted octanol–water partition coefficient (Wildman–Crippen LogP) is 5.27. The molecule has 0 unspecified atom stereocenters. The summed E-state index contributed by atoms with van der Waals surface area (Å²) in [5.74, 6) is 3.74. The normalized spacial score (nSPS) is 44.9. The third-order valence-electron chi connectivity index (χ3n) is 12.2. The van der Waals surface area contributed by atoms with E-state index in [1.807, 2.05) is 0 Å². The van der Waals surface area contributed by atoms with E-state index in [1.165, 1.54) is 25.7 Å². The summed E-state index contributed by atoms with van der Waals surface area (Å²) in [6, 6.07) is 0. The highest BCUT2D eigenvalue weighted by atomic mass is 16.3. The van der Waals surface area contributed by atoms with Crippen LogP contribution in [0.3, 0.4) is 0 Å². The van der Waals surface area contributed by atoms with Crippen LogP contribution in [-0.4, -0.2) is 41.4 Å². The summed E-state index contributed by atoms with van der Waals surface area (Å²) in [5, 5.41) is 25.5. The van der Waals surface area contributed by atoms with Crippen molar-refractivity contribution in [2.45, 2.75) is 123 Å². The molecule has 0 aromatic carbocycles. The zero-order chi connectivity index (χ0) is 26.1. The van der Waals surface area contributed by atoms with Crippen LogP contribution >= 0.6 is 0 Å². The number of carbonyl (C=O) groups excluding carboxylic acids is 1. The first-order chi connectivity index (χ1) is 17.2. The molecular weight excluding hydrogens is 448 g/mol. The van der Waals surface area contributed by atoms with Gasteiger partial charge in [0.25, 0.3) is 0 Å². The summed E-state index contributed by atoms with van der Waals surface area (Å²) in [4.78, 5) is 12.5. The lowest BCUT2D eigenvalue weighted by Crippen LogP contribution is -2.62. The van der Waals surface area contributed by atoms with E-state index in [-0.39, 0.29) is 28.9 Å². The lowest BCUT2D eigenvalue weighted by atomic mass is 9.41. The Kier molecular flexibility index (Phi) is 9.15. The molecule has 4 fully saturated rings. The van der Waals surface area contributed by atoms with E-state index in [1.54, 1.807) is 0 Å². The van der Waals surface area contributed by atoms with E-state index in [4.69, 9.17) is 5.73 Å². The van der Waals surface area contributed by atoms with Gasteiger partial charge in [-0.15, -0.1) is 0 Å². The topological polar surface area (TPSA) is 95.6 Å². The molecule has 36 heavy (non-hydrogen) atoms. The second kappa shape index (κ2) is 11.6. The molecule has 4 rings (SSSR count). The van der Waals surface area contributed by atoms with Gasteiger partial charge in [0.05, 0.1) is 12.2 Å². The first-order valence-corrected chi connectivity index (χ1v) is 15.5.